The van der Waals surface area contributed by atoms with E-state index in [-0.39, 0.29) is 37.4 Å². The summed E-state index contributed by atoms with van der Waals surface area (Å²) < 4.78 is 8.86. The van der Waals surface area contributed by atoms with Crippen LogP contribution in [-0.4, -0.2) is 27.6 Å². The van der Waals surface area contributed by atoms with Gasteiger partial charge in [0, 0.05) is 42.9 Å². The maximum absolute atomic E-state index is 6.55. The molecule has 0 saturated heterocycles. The van der Waals surface area contributed by atoms with Gasteiger partial charge in [0.2, 0.25) is 0 Å². The molecule has 0 aliphatic heterocycles. The first-order valence-corrected chi connectivity index (χ1v) is 27.1. The van der Waals surface area contributed by atoms with Crippen molar-refractivity contribution in [1.82, 2.24) is 19.5 Å². The van der Waals surface area contributed by atoms with E-state index in [9.17, 15) is 0 Å². The Hall–Kier alpha value is -6.24. The van der Waals surface area contributed by atoms with Gasteiger partial charge in [-0.3, -0.25) is 4.98 Å². The summed E-state index contributed by atoms with van der Waals surface area (Å²) >= 11 is 0. The number of hydrogen-bond donors (Lipinski definition) is 0. The summed E-state index contributed by atoms with van der Waals surface area (Å²) in [5.41, 5.74) is 16.0. The Bertz CT molecular complexity index is 3310. The van der Waals surface area contributed by atoms with E-state index in [1.165, 1.54) is 33.0 Å². The molecule has 5 nitrogen and oxygen atoms in total. The van der Waals surface area contributed by atoms with Crippen LogP contribution in [0.2, 0.25) is 19.6 Å². The van der Waals surface area contributed by atoms with Crippen LogP contribution in [0.15, 0.2) is 162 Å². The van der Waals surface area contributed by atoms with E-state index in [0.717, 1.165) is 73.5 Å². The molecule has 4 heterocycles. The zero-order chi connectivity index (χ0) is 47.0. The summed E-state index contributed by atoms with van der Waals surface area (Å²) in [6.07, 6.45) is 3.21. The number of furan rings is 1. The first-order chi connectivity index (χ1) is 32.1. The van der Waals surface area contributed by atoms with Crippen LogP contribution >= 0.6 is 0 Å². The van der Waals surface area contributed by atoms with Crippen LogP contribution in [0.25, 0.3) is 83.8 Å². The molecule has 0 aliphatic rings. The van der Waals surface area contributed by atoms with Crippen LogP contribution in [0.3, 0.4) is 0 Å². The number of benzene rings is 6. The zero-order valence-electron chi connectivity index (χ0n) is 40.9. The van der Waals surface area contributed by atoms with Gasteiger partial charge in [-0.25, -0.2) is 4.98 Å². The van der Waals surface area contributed by atoms with Crippen molar-refractivity contribution in [2.75, 3.05) is 0 Å². The Labute approximate surface area is 417 Å². The number of rotatable bonds is 9. The van der Waals surface area contributed by atoms with Gasteiger partial charge in [-0.1, -0.05) is 170 Å². The summed E-state index contributed by atoms with van der Waals surface area (Å²) in [6.45, 7) is 23.2. The van der Waals surface area contributed by atoms with Gasteiger partial charge in [-0.15, -0.1) is 54.1 Å². The van der Waals surface area contributed by atoms with Gasteiger partial charge < -0.3 is 14.0 Å². The quantitative estimate of drug-likeness (QED) is 0.107. The van der Waals surface area contributed by atoms with Crippen LogP contribution in [0, 0.1) is 17.5 Å². The normalized spacial score (nSPS) is 11.9. The van der Waals surface area contributed by atoms with E-state index < -0.39 is 8.07 Å². The molecule has 0 saturated carbocycles. The van der Waals surface area contributed by atoms with E-state index in [2.05, 4.69) is 188 Å². The van der Waals surface area contributed by atoms with Crippen molar-refractivity contribution in [2.24, 2.45) is 5.41 Å². The van der Waals surface area contributed by atoms with Crippen LogP contribution in [0.5, 0.6) is 0 Å². The summed E-state index contributed by atoms with van der Waals surface area (Å²) in [7, 11) is -1.37. The van der Waals surface area contributed by atoms with E-state index in [0.29, 0.717) is 5.65 Å². The molecule has 10 rings (SSSR count). The molecule has 0 bridgehead atoms. The molecule has 0 spiro atoms. The molecular weight excluding hydrogens is 1030 g/mol. The van der Waals surface area contributed by atoms with Gasteiger partial charge in [0.1, 0.15) is 5.58 Å². The zero-order valence-corrected chi connectivity index (χ0v) is 44.3. The molecule has 0 unspecified atom stereocenters. The Morgan fingerprint density at radius 2 is 1.28 bits per heavy atom. The molecule has 6 aromatic carbocycles. The predicted molar refractivity (Wildman–Crippen MR) is 284 cm³/mol. The second-order valence-corrected chi connectivity index (χ2v) is 25.6. The third-order valence-corrected chi connectivity index (χ3v) is 14.5. The monoisotopic (exact) mass is 1090 g/mol. The minimum Gasteiger partial charge on any atom is -0.501 e. The van der Waals surface area contributed by atoms with Crippen molar-refractivity contribution in [3.05, 3.63) is 187 Å². The number of aromatic nitrogens is 4. The number of pyridine rings is 2. The Kier molecular flexibility index (Phi) is 14.0. The third-order valence-electron chi connectivity index (χ3n) is 12.4. The van der Waals surface area contributed by atoms with Crippen molar-refractivity contribution in [2.45, 2.75) is 86.4 Å². The second kappa shape index (κ2) is 19.8. The molecule has 10 aromatic rings. The molecular formula is C61H60IrN4OSi-2. The van der Waals surface area contributed by atoms with Gasteiger partial charge >= 0.3 is 0 Å². The van der Waals surface area contributed by atoms with Crippen molar-refractivity contribution in [3.8, 4) is 50.7 Å². The summed E-state index contributed by atoms with van der Waals surface area (Å²) in [6, 6.07) is 59.4. The third kappa shape index (κ3) is 9.98. The smallest absolute Gasteiger partial charge is 0.168 e. The molecule has 0 N–H and O–H groups in total. The molecule has 7 heteroatoms. The van der Waals surface area contributed by atoms with E-state index in [4.69, 9.17) is 19.4 Å². The van der Waals surface area contributed by atoms with Crippen LogP contribution in [0.1, 0.15) is 77.0 Å². The fourth-order valence-corrected chi connectivity index (χ4v) is 10.8. The Balaban J connectivity index is 0.000000240. The SMILES string of the molecule is CC(C)(C)Cc1cc(-c2[c-]cccc2)ncc1[Si](C)(C)C.CC(C)c1cc(-c2ccccc2)cc(C(C)C)c1-n1c(-c2[c-]ccc3c2oc2ccccc23)nc2nc(-c3ccccc3)ccc21.[Ir]. The van der Waals surface area contributed by atoms with E-state index >= 15 is 0 Å². The average Bonchev–Trinajstić information content (AvgIpc) is 3.90. The summed E-state index contributed by atoms with van der Waals surface area (Å²) in [4.78, 5) is 15.2. The Morgan fingerprint density at radius 3 is 1.91 bits per heavy atom. The Morgan fingerprint density at radius 1 is 0.632 bits per heavy atom. The van der Waals surface area contributed by atoms with Gasteiger partial charge in [-0.2, -0.15) is 0 Å². The predicted octanol–water partition coefficient (Wildman–Crippen LogP) is 16.0. The molecule has 0 amide bonds. The standard InChI is InChI=1S/C42H34N3O.C19H26NSi.Ir/c1-26(2)34-24-30(28-14-7-5-8-15-28)25-35(27(3)4)39(34)45-37-23-22-36(29-16-9-6-10-17-29)43-41(37)44-42(45)33-20-13-19-32-31-18-11-12-21-38(31)46-40(32)33;1-19(2,3)13-16-12-17(15-10-8-7-9-11-15)20-14-18(16)21(4,5)6;/h5-19,21-27H,1-4H3;7-10,12,14H,13H2,1-6H3;/q2*-1;. The van der Waals surface area contributed by atoms with Crippen molar-refractivity contribution in [1.29, 1.82) is 0 Å². The molecule has 4 aromatic heterocycles. The fraction of sp³-hybridized carbons (Fsp3) is 0.230. The number of fused-ring (bicyclic) bond motifs is 4. The maximum atomic E-state index is 6.55. The van der Waals surface area contributed by atoms with Crippen molar-refractivity contribution < 1.29 is 24.5 Å². The number of hydrogen-bond acceptors (Lipinski definition) is 4. The second-order valence-electron chi connectivity index (χ2n) is 20.5. The first kappa shape index (κ1) is 48.2. The number of nitrogens with zero attached hydrogens (tertiary/aromatic N) is 4. The van der Waals surface area contributed by atoms with E-state index in [1.54, 1.807) is 0 Å². The molecule has 0 fully saturated rings. The minimum atomic E-state index is -1.37. The average molecular weight is 1090 g/mol. The number of imidazole rings is 1. The summed E-state index contributed by atoms with van der Waals surface area (Å²) in [5.74, 6) is 1.28. The number of para-hydroxylation sites is 1. The molecule has 0 aliphatic carbocycles. The topological polar surface area (TPSA) is 56.7 Å². The maximum Gasteiger partial charge on any atom is 0.168 e. The van der Waals surface area contributed by atoms with Gasteiger partial charge in [0.25, 0.3) is 0 Å². The molecule has 345 valence electrons. The summed E-state index contributed by atoms with van der Waals surface area (Å²) in [5, 5.41) is 3.61. The largest absolute Gasteiger partial charge is 0.501 e. The van der Waals surface area contributed by atoms with Crippen LogP contribution in [0.4, 0.5) is 0 Å². The van der Waals surface area contributed by atoms with Gasteiger partial charge in [-0.05, 0) is 87.1 Å². The molecule has 68 heavy (non-hydrogen) atoms. The molecule has 1 radical (unpaired) electrons. The van der Waals surface area contributed by atoms with Crippen LogP contribution in [-0.2, 0) is 26.5 Å². The van der Waals surface area contributed by atoms with E-state index in [1.807, 2.05) is 54.6 Å². The van der Waals surface area contributed by atoms with Gasteiger partial charge in [0.15, 0.2) is 5.65 Å². The van der Waals surface area contributed by atoms with Gasteiger partial charge in [0.05, 0.1) is 30.7 Å². The molecule has 0 atom stereocenters. The van der Waals surface area contributed by atoms with Crippen molar-refractivity contribution >= 4 is 46.4 Å². The fourth-order valence-electron chi connectivity index (χ4n) is 9.19. The van der Waals surface area contributed by atoms with Crippen LogP contribution < -0.4 is 5.19 Å². The van der Waals surface area contributed by atoms with Crippen molar-refractivity contribution in [3.63, 3.8) is 0 Å². The minimum absolute atomic E-state index is 0. The first-order valence-electron chi connectivity index (χ1n) is 23.6.